The van der Waals surface area contributed by atoms with Gasteiger partial charge < -0.3 is 9.47 Å². The third kappa shape index (κ3) is 3.55. The van der Waals surface area contributed by atoms with Crippen molar-refractivity contribution >= 4 is 43.5 Å². The van der Waals surface area contributed by atoms with Crippen molar-refractivity contribution in [1.82, 2.24) is 0 Å². The standard InChI is InChI=1S/C16H15Br2ClO2/c1-9-6-10(17)4-5-11(9)16(19)12-7-14(20-2)15(21-3)8-13(12)18/h4-8,16H,1-3H3. The summed E-state index contributed by atoms with van der Waals surface area (Å²) in [7, 11) is 3.23. The molecule has 0 amide bonds. The van der Waals surface area contributed by atoms with Crippen LogP contribution in [0.3, 0.4) is 0 Å². The van der Waals surface area contributed by atoms with Gasteiger partial charge in [-0.25, -0.2) is 0 Å². The fourth-order valence-corrected chi connectivity index (χ4v) is 3.74. The fourth-order valence-electron chi connectivity index (χ4n) is 2.16. The summed E-state index contributed by atoms with van der Waals surface area (Å²) in [6.07, 6.45) is 0. The van der Waals surface area contributed by atoms with E-state index < -0.39 is 0 Å². The molecule has 0 bridgehead atoms. The molecular weight excluding hydrogens is 419 g/mol. The van der Waals surface area contributed by atoms with Crippen molar-refractivity contribution < 1.29 is 9.47 Å². The van der Waals surface area contributed by atoms with Crippen LogP contribution in [-0.2, 0) is 0 Å². The van der Waals surface area contributed by atoms with Crippen molar-refractivity contribution in [3.05, 3.63) is 56.0 Å². The summed E-state index contributed by atoms with van der Waals surface area (Å²) in [4.78, 5) is 0. The van der Waals surface area contributed by atoms with Crippen molar-refractivity contribution in [2.75, 3.05) is 14.2 Å². The summed E-state index contributed by atoms with van der Waals surface area (Å²) in [5.74, 6) is 1.33. The van der Waals surface area contributed by atoms with Crippen LogP contribution in [0, 0.1) is 6.92 Å². The van der Waals surface area contributed by atoms with E-state index in [9.17, 15) is 0 Å². The van der Waals surface area contributed by atoms with E-state index in [1.54, 1.807) is 14.2 Å². The van der Waals surface area contributed by atoms with Gasteiger partial charge in [0.25, 0.3) is 0 Å². The van der Waals surface area contributed by atoms with Crippen LogP contribution in [0.5, 0.6) is 11.5 Å². The van der Waals surface area contributed by atoms with Gasteiger partial charge in [-0.05, 0) is 47.9 Å². The van der Waals surface area contributed by atoms with Crippen LogP contribution >= 0.6 is 43.5 Å². The Hall–Kier alpha value is -0.710. The molecule has 112 valence electrons. The molecule has 2 aromatic carbocycles. The Kier molecular flexibility index (Phi) is 5.58. The van der Waals surface area contributed by atoms with E-state index in [0.717, 1.165) is 25.6 Å². The van der Waals surface area contributed by atoms with Crippen molar-refractivity contribution in [3.8, 4) is 11.5 Å². The first-order chi connectivity index (χ1) is 9.97. The lowest BCUT2D eigenvalue weighted by Crippen LogP contribution is -2.00. The molecule has 0 N–H and O–H groups in total. The number of rotatable bonds is 4. The first kappa shape index (κ1) is 16.7. The van der Waals surface area contributed by atoms with E-state index >= 15 is 0 Å². The van der Waals surface area contributed by atoms with Crippen LogP contribution in [-0.4, -0.2) is 14.2 Å². The Bertz CT molecular complexity index is 659. The summed E-state index contributed by atoms with van der Waals surface area (Å²) >= 11 is 13.7. The Morgan fingerprint density at radius 2 is 1.57 bits per heavy atom. The lowest BCUT2D eigenvalue weighted by Gasteiger charge is -2.17. The number of methoxy groups -OCH3 is 2. The van der Waals surface area contributed by atoms with E-state index in [1.165, 1.54) is 0 Å². The van der Waals surface area contributed by atoms with Gasteiger partial charge in [-0.15, -0.1) is 11.6 Å². The second-order valence-corrected chi connectivity index (χ2v) is 6.80. The van der Waals surface area contributed by atoms with Crippen LogP contribution in [0.4, 0.5) is 0 Å². The molecule has 21 heavy (non-hydrogen) atoms. The van der Waals surface area contributed by atoms with Crippen LogP contribution < -0.4 is 9.47 Å². The topological polar surface area (TPSA) is 18.5 Å². The Morgan fingerprint density at radius 1 is 0.952 bits per heavy atom. The highest BCUT2D eigenvalue weighted by molar-refractivity contribution is 9.10. The molecule has 0 saturated carbocycles. The number of aryl methyl sites for hydroxylation is 1. The van der Waals surface area contributed by atoms with Gasteiger partial charge in [0.1, 0.15) is 0 Å². The van der Waals surface area contributed by atoms with Gasteiger partial charge in [0, 0.05) is 8.95 Å². The van der Waals surface area contributed by atoms with Crippen molar-refractivity contribution in [2.45, 2.75) is 12.3 Å². The molecule has 0 radical (unpaired) electrons. The van der Waals surface area contributed by atoms with Crippen molar-refractivity contribution in [3.63, 3.8) is 0 Å². The number of hydrogen-bond acceptors (Lipinski definition) is 2. The van der Waals surface area contributed by atoms with Crippen molar-refractivity contribution in [1.29, 1.82) is 0 Å². The molecule has 2 nitrogen and oxygen atoms in total. The number of halogens is 3. The maximum absolute atomic E-state index is 6.68. The van der Waals surface area contributed by atoms with Gasteiger partial charge in [-0.1, -0.05) is 37.9 Å². The van der Waals surface area contributed by atoms with E-state index in [4.69, 9.17) is 21.1 Å². The monoisotopic (exact) mass is 432 g/mol. The van der Waals surface area contributed by atoms with Gasteiger partial charge in [-0.2, -0.15) is 0 Å². The van der Waals surface area contributed by atoms with Gasteiger partial charge in [0.05, 0.1) is 19.6 Å². The molecule has 2 rings (SSSR count). The van der Waals surface area contributed by atoms with Crippen LogP contribution in [0.25, 0.3) is 0 Å². The summed E-state index contributed by atoms with van der Waals surface area (Å²) in [5, 5.41) is -0.271. The minimum atomic E-state index is -0.271. The molecule has 0 heterocycles. The molecule has 5 heteroatoms. The van der Waals surface area contributed by atoms with Gasteiger partial charge in [0.15, 0.2) is 11.5 Å². The quantitative estimate of drug-likeness (QED) is 0.561. The molecular formula is C16H15Br2ClO2. The lowest BCUT2D eigenvalue weighted by atomic mass is 10.00. The smallest absolute Gasteiger partial charge is 0.161 e. The second-order valence-electron chi connectivity index (χ2n) is 4.59. The molecule has 1 unspecified atom stereocenters. The predicted molar refractivity (Wildman–Crippen MR) is 93.8 cm³/mol. The van der Waals surface area contributed by atoms with E-state index in [-0.39, 0.29) is 5.38 Å². The molecule has 0 saturated heterocycles. The number of ether oxygens (including phenoxy) is 2. The van der Waals surface area contributed by atoms with E-state index in [1.807, 2.05) is 31.2 Å². The number of alkyl halides is 1. The number of hydrogen-bond donors (Lipinski definition) is 0. The highest BCUT2D eigenvalue weighted by atomic mass is 79.9. The molecule has 0 fully saturated rings. The van der Waals surface area contributed by atoms with Gasteiger partial charge >= 0.3 is 0 Å². The highest BCUT2D eigenvalue weighted by Crippen LogP contribution is 2.41. The van der Waals surface area contributed by atoms with E-state index in [2.05, 4.69) is 37.9 Å². The molecule has 0 aromatic heterocycles. The summed E-state index contributed by atoms with van der Waals surface area (Å²) < 4.78 is 12.6. The van der Waals surface area contributed by atoms with E-state index in [0.29, 0.717) is 11.5 Å². The summed E-state index contributed by atoms with van der Waals surface area (Å²) in [6, 6.07) is 9.85. The highest BCUT2D eigenvalue weighted by Gasteiger charge is 2.19. The third-order valence-electron chi connectivity index (χ3n) is 3.28. The van der Waals surface area contributed by atoms with Crippen LogP contribution in [0.15, 0.2) is 39.3 Å². The summed E-state index contributed by atoms with van der Waals surface area (Å²) in [6.45, 7) is 2.05. The second kappa shape index (κ2) is 7.03. The predicted octanol–water partition coefficient (Wildman–Crippen LogP) is 5.87. The molecule has 0 aliphatic carbocycles. The lowest BCUT2D eigenvalue weighted by molar-refractivity contribution is 0.354. The SMILES string of the molecule is COc1cc(Br)c(C(Cl)c2ccc(Br)cc2C)cc1OC. The van der Waals surface area contributed by atoms with Crippen molar-refractivity contribution in [2.24, 2.45) is 0 Å². The zero-order valence-electron chi connectivity index (χ0n) is 11.9. The van der Waals surface area contributed by atoms with Crippen LogP contribution in [0.2, 0.25) is 0 Å². The maximum Gasteiger partial charge on any atom is 0.161 e. The first-order valence-corrected chi connectivity index (χ1v) is 8.31. The Morgan fingerprint density at radius 3 is 2.14 bits per heavy atom. The fraction of sp³-hybridized carbons (Fsp3) is 0.250. The summed E-state index contributed by atoms with van der Waals surface area (Å²) in [5.41, 5.74) is 3.14. The zero-order valence-corrected chi connectivity index (χ0v) is 15.8. The Balaban J connectivity index is 2.50. The maximum atomic E-state index is 6.68. The Labute approximate surface area is 146 Å². The molecule has 0 aliphatic rings. The minimum Gasteiger partial charge on any atom is -0.493 e. The molecule has 1 atom stereocenters. The van der Waals surface area contributed by atoms with Crippen LogP contribution in [0.1, 0.15) is 22.1 Å². The first-order valence-electron chi connectivity index (χ1n) is 6.29. The average Bonchev–Trinajstić information content (AvgIpc) is 2.46. The van der Waals surface area contributed by atoms with Gasteiger partial charge in [0.2, 0.25) is 0 Å². The largest absolute Gasteiger partial charge is 0.493 e. The molecule has 0 aliphatic heterocycles. The zero-order chi connectivity index (χ0) is 15.6. The molecule has 0 spiro atoms. The third-order valence-corrected chi connectivity index (χ3v) is 4.93. The number of benzene rings is 2. The molecule has 2 aromatic rings. The average molecular weight is 435 g/mol. The van der Waals surface area contributed by atoms with Gasteiger partial charge in [-0.3, -0.25) is 0 Å². The minimum absolute atomic E-state index is 0.271. The normalized spacial score (nSPS) is 12.1.